The van der Waals surface area contributed by atoms with Gasteiger partial charge in [-0.2, -0.15) is 0 Å². The lowest BCUT2D eigenvalue weighted by molar-refractivity contribution is -0.135. The molecule has 4 amide bonds. The summed E-state index contributed by atoms with van der Waals surface area (Å²) in [6, 6.07) is 13.8. The van der Waals surface area contributed by atoms with Gasteiger partial charge in [-0.1, -0.05) is 6.07 Å². The van der Waals surface area contributed by atoms with E-state index in [4.69, 9.17) is 14.2 Å². The third-order valence-corrected chi connectivity index (χ3v) is 7.92. The van der Waals surface area contributed by atoms with Gasteiger partial charge in [-0.3, -0.25) is 19.2 Å². The maximum Gasteiger partial charge on any atom is 0.258 e. The number of halogens is 2. The second kappa shape index (κ2) is 15.4. The topological polar surface area (TPSA) is 135 Å². The molecule has 4 bridgehead atoms. The van der Waals surface area contributed by atoms with Gasteiger partial charge in [-0.25, -0.2) is 8.78 Å². The van der Waals surface area contributed by atoms with Crippen molar-refractivity contribution in [3.8, 4) is 17.2 Å². The minimum Gasteiger partial charge on any atom is -0.493 e. The predicted octanol–water partition coefficient (Wildman–Crippen LogP) is 2.90. The van der Waals surface area contributed by atoms with E-state index in [0.29, 0.717) is 36.4 Å². The van der Waals surface area contributed by atoms with E-state index in [9.17, 15) is 28.0 Å². The zero-order chi connectivity index (χ0) is 33.3. The number of nitrogens with one attached hydrogen (secondary N) is 3. The van der Waals surface area contributed by atoms with Crippen LogP contribution in [0.15, 0.2) is 60.7 Å². The Hall–Kier alpha value is -5.20. The Balaban J connectivity index is 1.30. The molecule has 2 aliphatic rings. The molecule has 0 aromatic heterocycles. The molecule has 11 nitrogen and oxygen atoms in total. The second-order valence-corrected chi connectivity index (χ2v) is 11.3. The molecule has 1 saturated heterocycles. The smallest absolute Gasteiger partial charge is 0.258 e. The summed E-state index contributed by atoms with van der Waals surface area (Å²) in [5.74, 6) is -1.41. The fourth-order valence-corrected chi connectivity index (χ4v) is 5.47. The zero-order valence-corrected chi connectivity index (χ0v) is 25.9. The molecular weight excluding hydrogens is 614 g/mol. The fraction of sp³-hybridized carbons (Fsp3) is 0.353. The number of hydrogen-bond acceptors (Lipinski definition) is 7. The van der Waals surface area contributed by atoms with Crippen LogP contribution in [0.3, 0.4) is 0 Å². The van der Waals surface area contributed by atoms with Gasteiger partial charge in [0, 0.05) is 57.1 Å². The molecule has 2 atom stereocenters. The van der Waals surface area contributed by atoms with Crippen LogP contribution in [-0.2, 0) is 27.3 Å². The van der Waals surface area contributed by atoms with Crippen molar-refractivity contribution in [2.24, 2.45) is 0 Å². The van der Waals surface area contributed by atoms with E-state index in [2.05, 4.69) is 16.0 Å². The summed E-state index contributed by atoms with van der Waals surface area (Å²) in [5.41, 5.74) is 1.57. The summed E-state index contributed by atoms with van der Waals surface area (Å²) in [6.07, 6.45) is 0.279. The van der Waals surface area contributed by atoms with Crippen molar-refractivity contribution in [2.45, 2.75) is 44.4 Å². The number of nitrogens with zero attached hydrogens (tertiary/aromatic N) is 1. The number of carbonyl (C=O) groups is 4. The first-order valence-electron chi connectivity index (χ1n) is 15.3. The van der Waals surface area contributed by atoms with Gasteiger partial charge in [-0.05, 0) is 66.1 Å². The maximum absolute atomic E-state index is 14.6. The van der Waals surface area contributed by atoms with Crippen LogP contribution in [0.5, 0.6) is 17.2 Å². The molecule has 0 unspecified atom stereocenters. The van der Waals surface area contributed by atoms with Gasteiger partial charge in [0.1, 0.15) is 23.5 Å². The number of benzene rings is 3. The van der Waals surface area contributed by atoms with Crippen molar-refractivity contribution < 1.29 is 42.2 Å². The lowest BCUT2D eigenvalue weighted by Crippen LogP contribution is -2.58. The van der Waals surface area contributed by atoms with Crippen molar-refractivity contribution in [2.75, 3.05) is 33.4 Å². The Labute approximate surface area is 270 Å². The molecule has 2 aliphatic heterocycles. The van der Waals surface area contributed by atoms with Crippen LogP contribution in [0.4, 0.5) is 8.78 Å². The van der Waals surface area contributed by atoms with Crippen LogP contribution in [-0.4, -0.2) is 74.0 Å². The van der Waals surface area contributed by atoms with E-state index in [1.165, 1.54) is 43.5 Å². The van der Waals surface area contributed by atoms with Crippen LogP contribution in [0.2, 0.25) is 0 Å². The van der Waals surface area contributed by atoms with Crippen molar-refractivity contribution >= 4 is 23.6 Å². The SMILES string of the molecule is COc1ccc2cc1OCC(=O)N[C@@H]1CN(C(=O)CCNC(=O)c3ccc(F)cc3)CC[C@H]1Oc1cc(F)cc(c1)CNC(=O)CC2. The summed E-state index contributed by atoms with van der Waals surface area (Å²) >= 11 is 0. The molecule has 5 rings (SSSR count). The number of hydrogen-bond donors (Lipinski definition) is 3. The van der Waals surface area contributed by atoms with Crippen molar-refractivity contribution in [1.82, 2.24) is 20.9 Å². The molecule has 0 aliphatic carbocycles. The quantitative estimate of drug-likeness (QED) is 0.387. The highest BCUT2D eigenvalue weighted by Crippen LogP contribution is 2.29. The lowest BCUT2D eigenvalue weighted by Gasteiger charge is -2.39. The van der Waals surface area contributed by atoms with Crippen LogP contribution in [0, 0.1) is 11.6 Å². The molecule has 0 spiro atoms. The van der Waals surface area contributed by atoms with Crippen LogP contribution >= 0.6 is 0 Å². The van der Waals surface area contributed by atoms with Crippen molar-refractivity contribution in [1.29, 1.82) is 0 Å². The Bertz CT molecular complexity index is 1620. The average molecular weight is 651 g/mol. The van der Waals surface area contributed by atoms with E-state index in [-0.39, 0.29) is 62.2 Å². The maximum atomic E-state index is 14.6. The van der Waals surface area contributed by atoms with Crippen molar-refractivity contribution in [3.05, 3.63) is 89.0 Å². The first-order chi connectivity index (χ1) is 22.7. The van der Waals surface area contributed by atoms with E-state index in [0.717, 1.165) is 5.56 Å². The number of amides is 4. The first kappa shape index (κ1) is 33.2. The Morgan fingerprint density at radius 3 is 2.57 bits per heavy atom. The number of carbonyl (C=O) groups excluding carboxylic acids is 4. The number of likely N-dealkylation sites (tertiary alicyclic amines) is 1. The van der Waals surface area contributed by atoms with Gasteiger partial charge in [0.25, 0.3) is 11.8 Å². The molecule has 1 fully saturated rings. The van der Waals surface area contributed by atoms with Crippen LogP contribution in [0.1, 0.15) is 40.7 Å². The highest BCUT2D eigenvalue weighted by molar-refractivity contribution is 5.94. The average Bonchev–Trinajstić information content (AvgIpc) is 3.05. The Morgan fingerprint density at radius 1 is 0.979 bits per heavy atom. The third-order valence-electron chi connectivity index (χ3n) is 7.92. The van der Waals surface area contributed by atoms with Gasteiger partial charge in [0.15, 0.2) is 18.1 Å². The number of ether oxygens (including phenoxy) is 3. The molecule has 3 aromatic carbocycles. The van der Waals surface area contributed by atoms with E-state index >= 15 is 0 Å². The molecular formula is C34H36F2N4O7. The van der Waals surface area contributed by atoms with Crippen LogP contribution < -0.4 is 30.2 Å². The highest BCUT2D eigenvalue weighted by atomic mass is 19.1. The van der Waals surface area contributed by atoms with Gasteiger partial charge in [-0.15, -0.1) is 0 Å². The van der Waals surface area contributed by atoms with Gasteiger partial charge in [0.05, 0.1) is 13.2 Å². The second-order valence-electron chi connectivity index (χ2n) is 11.3. The number of piperidine rings is 1. The molecule has 3 aromatic rings. The van der Waals surface area contributed by atoms with Crippen LogP contribution in [0.25, 0.3) is 0 Å². The minimum atomic E-state index is -0.684. The number of fused-ring (bicyclic) bond motifs is 5. The van der Waals surface area contributed by atoms with E-state index < -0.39 is 35.6 Å². The molecule has 13 heteroatoms. The molecule has 2 heterocycles. The van der Waals surface area contributed by atoms with E-state index in [1.54, 1.807) is 29.2 Å². The standard InChI is InChI=1S/C34H36F2N4O7/c1-45-29-8-2-21-3-9-31(41)38-18-22-14-25(36)17-26(15-22)47-28-11-13-40(19-27(28)39-32(42)20-46-30(29)16-21)33(43)10-12-37-34(44)23-4-6-24(35)7-5-23/h2,4-8,14-17,27-28H,3,9-13,18-20H2,1H3,(H,37,44)(H,38,41)(H,39,42)/t27-,28-/m1/s1. The van der Waals surface area contributed by atoms with E-state index in [1.807, 2.05) is 0 Å². The summed E-state index contributed by atoms with van der Waals surface area (Å²) in [4.78, 5) is 52.8. The molecule has 47 heavy (non-hydrogen) atoms. The molecule has 0 saturated carbocycles. The number of methoxy groups -OCH3 is 1. The normalized spacial score (nSPS) is 18.6. The summed E-state index contributed by atoms with van der Waals surface area (Å²) in [7, 11) is 1.48. The van der Waals surface area contributed by atoms with Gasteiger partial charge >= 0.3 is 0 Å². The lowest BCUT2D eigenvalue weighted by atomic mass is 10.0. The van der Waals surface area contributed by atoms with Gasteiger partial charge in [0.2, 0.25) is 11.8 Å². The monoisotopic (exact) mass is 650 g/mol. The summed E-state index contributed by atoms with van der Waals surface area (Å²) in [5, 5.41) is 8.38. The Kier molecular flexibility index (Phi) is 10.9. The molecule has 0 radical (unpaired) electrons. The third kappa shape index (κ3) is 9.18. The van der Waals surface area contributed by atoms with Gasteiger partial charge < -0.3 is 35.1 Å². The fourth-order valence-electron chi connectivity index (χ4n) is 5.47. The largest absolute Gasteiger partial charge is 0.493 e. The predicted molar refractivity (Wildman–Crippen MR) is 166 cm³/mol. The number of aryl methyl sites for hydroxylation is 1. The molecule has 3 N–H and O–H groups in total. The van der Waals surface area contributed by atoms with Crippen molar-refractivity contribution in [3.63, 3.8) is 0 Å². The summed E-state index contributed by atoms with van der Waals surface area (Å²) < 4.78 is 45.1. The highest BCUT2D eigenvalue weighted by Gasteiger charge is 2.34. The first-order valence-corrected chi connectivity index (χ1v) is 15.3. The summed E-state index contributed by atoms with van der Waals surface area (Å²) in [6.45, 7) is 0.171. The minimum absolute atomic E-state index is 0.00263. The Morgan fingerprint density at radius 2 is 1.79 bits per heavy atom. The number of rotatable bonds is 5. The zero-order valence-electron chi connectivity index (χ0n) is 25.9. The molecule has 248 valence electrons.